The molecule has 0 heterocycles. The van der Waals surface area contributed by atoms with E-state index in [1.54, 1.807) is 0 Å². The van der Waals surface area contributed by atoms with Gasteiger partial charge >= 0.3 is 0 Å². The highest BCUT2D eigenvalue weighted by atomic mass is 32.2. The molecule has 0 N–H and O–H groups in total. The molecule has 3 heteroatoms. The molecule has 142 valence electrons. The number of thiocarbonyl (C=S) groups is 1. The molecule has 0 nitrogen and oxygen atoms in total. The van der Waals surface area contributed by atoms with Crippen LogP contribution in [0.5, 0.6) is 0 Å². The Morgan fingerprint density at radius 2 is 1.38 bits per heavy atom. The third kappa shape index (κ3) is 17.4. The summed E-state index contributed by atoms with van der Waals surface area (Å²) >= 11 is 9.32. The monoisotopic (exact) mass is 388 g/mol. The van der Waals surface area contributed by atoms with Crippen LogP contribution in [-0.4, -0.2) is 14.0 Å². The minimum Gasteiger partial charge on any atom is -0.108 e. The first-order valence-corrected chi connectivity index (χ1v) is 12.2. The van der Waals surface area contributed by atoms with Crippen LogP contribution in [0.4, 0.5) is 0 Å². The van der Waals surface area contributed by atoms with E-state index in [9.17, 15) is 0 Å². The zero-order valence-electron chi connectivity index (χ0n) is 16.6. The summed E-state index contributed by atoms with van der Waals surface area (Å²) in [6.07, 6.45) is 20.8. The lowest BCUT2D eigenvalue weighted by atomic mass is 10.1. The van der Waals surface area contributed by atoms with E-state index >= 15 is 0 Å². The molecule has 0 aliphatic carbocycles. The van der Waals surface area contributed by atoms with Gasteiger partial charge in [-0.2, -0.15) is 0 Å². The van der Waals surface area contributed by atoms with Gasteiger partial charge in [0.15, 0.2) is 0 Å². The summed E-state index contributed by atoms with van der Waals surface area (Å²) in [4.78, 5) is 0. The highest BCUT2D eigenvalue weighted by Crippen LogP contribution is 2.34. The molecule has 0 unspecified atom stereocenters. The molecular weight excluding hydrogens is 348 g/mol. The van der Waals surface area contributed by atoms with E-state index in [-0.39, 0.29) is 4.75 Å². The molecule has 0 aromatic heterocycles. The summed E-state index contributed by atoms with van der Waals surface area (Å²) in [7, 11) is 0. The average molecular weight is 389 g/mol. The Kier molecular flexibility index (Phi) is 17.3. The minimum absolute atomic E-state index is 0.230. The lowest BCUT2D eigenvalue weighted by molar-refractivity contribution is 0.563. The van der Waals surface area contributed by atoms with E-state index in [4.69, 9.17) is 12.2 Å². The minimum atomic E-state index is 0.230. The maximum absolute atomic E-state index is 5.55. The molecule has 0 fully saturated rings. The van der Waals surface area contributed by atoms with Gasteiger partial charge in [0.25, 0.3) is 0 Å². The van der Waals surface area contributed by atoms with Gasteiger partial charge in [0.2, 0.25) is 0 Å². The normalized spacial score (nSPS) is 12.2. The lowest BCUT2D eigenvalue weighted by Gasteiger charge is -2.22. The van der Waals surface area contributed by atoms with Crippen molar-refractivity contribution >= 4 is 39.3 Å². The highest BCUT2D eigenvalue weighted by molar-refractivity contribution is 8.47. The molecule has 0 atom stereocenters. The maximum Gasteiger partial charge on any atom is 0.104 e. The van der Waals surface area contributed by atoms with E-state index in [1.165, 1.54) is 70.0 Å². The van der Waals surface area contributed by atoms with E-state index in [0.717, 1.165) is 16.4 Å². The largest absolute Gasteiger partial charge is 0.108 e. The van der Waals surface area contributed by atoms with Gasteiger partial charge in [-0.15, -0.1) is 23.5 Å². The molecular formula is C21H40S3. The summed E-state index contributed by atoms with van der Waals surface area (Å²) in [5, 5.41) is 0. The van der Waals surface area contributed by atoms with Crippen LogP contribution in [-0.2, 0) is 0 Å². The van der Waals surface area contributed by atoms with Crippen molar-refractivity contribution in [3.05, 3.63) is 12.2 Å². The average Bonchev–Trinajstić information content (AvgIpc) is 2.52. The second kappa shape index (κ2) is 17.0. The van der Waals surface area contributed by atoms with Crippen molar-refractivity contribution in [3.63, 3.8) is 0 Å². The SMILES string of the molecule is CCC=CCC(C)(C)SC(=S)SCCCCCCCCCCCC. The molecule has 0 bridgehead atoms. The molecule has 0 saturated carbocycles. The molecule has 0 aliphatic heterocycles. The van der Waals surface area contributed by atoms with Crippen molar-refractivity contribution in [1.29, 1.82) is 0 Å². The van der Waals surface area contributed by atoms with Gasteiger partial charge in [0, 0.05) is 4.75 Å². The van der Waals surface area contributed by atoms with E-state index < -0.39 is 0 Å². The summed E-state index contributed by atoms with van der Waals surface area (Å²) in [6, 6.07) is 0. The number of hydrogen-bond donors (Lipinski definition) is 0. The summed E-state index contributed by atoms with van der Waals surface area (Å²) in [5.74, 6) is 1.20. The fourth-order valence-corrected chi connectivity index (χ4v) is 5.81. The molecule has 0 rings (SSSR count). The molecule has 0 radical (unpaired) electrons. The predicted octanol–water partition coefficient (Wildman–Crippen LogP) is 8.79. The van der Waals surface area contributed by atoms with Crippen LogP contribution in [0.3, 0.4) is 0 Å². The Hall–Kier alpha value is 0.530. The second-order valence-electron chi connectivity index (χ2n) is 7.23. The number of thioether (sulfide) groups is 2. The van der Waals surface area contributed by atoms with Crippen molar-refractivity contribution < 1.29 is 0 Å². The van der Waals surface area contributed by atoms with E-state index in [2.05, 4.69) is 39.8 Å². The first-order valence-electron chi connectivity index (χ1n) is 10.0. The molecule has 0 spiro atoms. The second-order valence-corrected chi connectivity index (χ2v) is 11.2. The van der Waals surface area contributed by atoms with Crippen LogP contribution < -0.4 is 0 Å². The number of unbranched alkanes of at least 4 members (excludes halogenated alkanes) is 9. The van der Waals surface area contributed by atoms with Crippen molar-refractivity contribution in [2.24, 2.45) is 0 Å². The lowest BCUT2D eigenvalue weighted by Crippen LogP contribution is -2.14. The van der Waals surface area contributed by atoms with Gasteiger partial charge in [-0.1, -0.05) is 110 Å². The van der Waals surface area contributed by atoms with Gasteiger partial charge in [-0.3, -0.25) is 0 Å². The van der Waals surface area contributed by atoms with Gasteiger partial charge < -0.3 is 0 Å². The van der Waals surface area contributed by atoms with Crippen molar-refractivity contribution in [2.75, 3.05) is 5.75 Å². The fraction of sp³-hybridized carbons (Fsp3) is 0.857. The van der Waals surface area contributed by atoms with Crippen LogP contribution in [0, 0.1) is 0 Å². The Morgan fingerprint density at radius 3 is 1.92 bits per heavy atom. The van der Waals surface area contributed by atoms with Crippen molar-refractivity contribution in [1.82, 2.24) is 0 Å². The van der Waals surface area contributed by atoms with Crippen molar-refractivity contribution in [2.45, 2.75) is 109 Å². The van der Waals surface area contributed by atoms with Crippen LogP contribution in [0.25, 0.3) is 0 Å². The van der Waals surface area contributed by atoms with E-state index in [1.807, 2.05) is 23.5 Å². The maximum atomic E-state index is 5.55. The molecule has 0 aromatic rings. The topological polar surface area (TPSA) is 0 Å². The Morgan fingerprint density at radius 1 is 0.833 bits per heavy atom. The molecule has 0 amide bonds. The van der Waals surface area contributed by atoms with Crippen LogP contribution in [0.2, 0.25) is 0 Å². The first kappa shape index (κ1) is 24.5. The number of hydrogen-bond acceptors (Lipinski definition) is 3. The highest BCUT2D eigenvalue weighted by Gasteiger charge is 2.19. The number of rotatable bonds is 15. The molecule has 0 aliphatic rings. The van der Waals surface area contributed by atoms with Gasteiger partial charge in [-0.25, -0.2) is 0 Å². The van der Waals surface area contributed by atoms with Gasteiger partial charge in [0.05, 0.1) is 0 Å². The molecule has 0 saturated heterocycles. The van der Waals surface area contributed by atoms with Gasteiger partial charge in [0.1, 0.15) is 3.53 Å². The van der Waals surface area contributed by atoms with Crippen LogP contribution >= 0.6 is 35.7 Å². The molecule has 0 aromatic carbocycles. The van der Waals surface area contributed by atoms with E-state index in [0.29, 0.717) is 0 Å². The smallest absolute Gasteiger partial charge is 0.104 e. The Labute approximate surface area is 166 Å². The Balaban J connectivity index is 3.47. The third-order valence-corrected chi connectivity index (χ3v) is 6.91. The standard InChI is InChI=1S/C21H40S3/c1-5-7-9-10-11-12-13-14-15-17-19-23-20(22)24-21(3,4)18-16-8-6-2/h8,16H,5-7,9-15,17-19H2,1-4H3. The fourth-order valence-electron chi connectivity index (χ4n) is 2.58. The molecule has 24 heavy (non-hydrogen) atoms. The van der Waals surface area contributed by atoms with Crippen LogP contribution in [0.15, 0.2) is 12.2 Å². The summed E-state index contributed by atoms with van der Waals surface area (Å²) in [5.41, 5.74) is 0. The third-order valence-electron chi connectivity index (χ3n) is 4.09. The van der Waals surface area contributed by atoms with Crippen LogP contribution in [0.1, 0.15) is 105 Å². The zero-order chi connectivity index (χ0) is 18.1. The predicted molar refractivity (Wildman–Crippen MR) is 123 cm³/mol. The summed E-state index contributed by atoms with van der Waals surface area (Å²) in [6.45, 7) is 9.06. The van der Waals surface area contributed by atoms with Crippen molar-refractivity contribution in [3.8, 4) is 0 Å². The van der Waals surface area contributed by atoms with Gasteiger partial charge in [-0.05, 0) is 25.0 Å². The summed E-state index contributed by atoms with van der Waals surface area (Å²) < 4.78 is 1.36. The Bertz CT molecular complexity index is 321. The first-order chi connectivity index (χ1) is 11.5. The zero-order valence-corrected chi connectivity index (χ0v) is 19.0. The number of allylic oxidation sites excluding steroid dienone is 2. The quantitative estimate of drug-likeness (QED) is 0.156.